The van der Waals surface area contributed by atoms with Crippen LogP contribution in [0.4, 0.5) is 11.4 Å². The van der Waals surface area contributed by atoms with Crippen LogP contribution in [0.2, 0.25) is 0 Å². The molecule has 1 aliphatic rings. The van der Waals surface area contributed by atoms with Gasteiger partial charge in [-0.2, -0.15) is 0 Å². The highest BCUT2D eigenvalue weighted by atomic mass is 28.3. The Balaban J connectivity index is 1.99. The van der Waals surface area contributed by atoms with Gasteiger partial charge in [-0.25, -0.2) is 0 Å². The molecule has 0 unspecified atom stereocenters. The number of rotatable bonds is 2. The lowest BCUT2D eigenvalue weighted by Crippen LogP contribution is -2.76. The van der Waals surface area contributed by atoms with Crippen LogP contribution in [0.15, 0.2) is 97.1 Å². The van der Waals surface area contributed by atoms with Gasteiger partial charge in [-0.3, -0.25) is 0 Å². The summed E-state index contributed by atoms with van der Waals surface area (Å²) in [5, 5.41) is 9.48. The maximum Gasteiger partial charge on any atom is 0.184 e. The summed E-state index contributed by atoms with van der Waals surface area (Å²) < 4.78 is 0. The van der Waals surface area contributed by atoms with E-state index in [1.807, 2.05) is 0 Å². The minimum Gasteiger partial charge on any atom is -0.356 e. The van der Waals surface area contributed by atoms with Gasteiger partial charge in [0, 0.05) is 11.4 Å². The summed E-state index contributed by atoms with van der Waals surface area (Å²) in [6.45, 7) is 4.39. The Morgan fingerprint density at radius 2 is 0.964 bits per heavy atom. The van der Waals surface area contributed by atoms with E-state index in [4.69, 9.17) is 0 Å². The summed E-state index contributed by atoms with van der Waals surface area (Å²) in [5.74, 6) is 0. The summed E-state index contributed by atoms with van der Waals surface area (Å²) in [6, 6.07) is 36.0. The summed E-state index contributed by atoms with van der Waals surface area (Å²) in [7, 11) is -2.40. The van der Waals surface area contributed by atoms with Crippen molar-refractivity contribution in [3.8, 4) is 0 Å². The molecular weight excluding hydrogens is 354 g/mol. The van der Waals surface area contributed by atoms with Crippen LogP contribution in [0.25, 0.3) is 0 Å². The van der Waals surface area contributed by atoms with Crippen molar-refractivity contribution in [3.63, 3.8) is 0 Å². The van der Waals surface area contributed by atoms with Crippen molar-refractivity contribution < 1.29 is 0 Å². The molecule has 0 spiro atoms. The zero-order valence-electron chi connectivity index (χ0n) is 16.2. The average Bonchev–Trinajstić information content (AvgIpc) is 2.74. The first-order valence-electron chi connectivity index (χ1n) is 9.80. The Hall–Kier alpha value is -3.10. The number of hydrogen-bond donors (Lipinski definition) is 1. The Morgan fingerprint density at radius 3 is 1.39 bits per heavy atom. The van der Waals surface area contributed by atoms with Crippen LogP contribution in [-0.2, 0) is 0 Å². The van der Waals surface area contributed by atoms with E-state index in [1.54, 1.807) is 0 Å². The summed E-state index contributed by atoms with van der Waals surface area (Å²) in [6.07, 6.45) is 0. The first kappa shape index (κ1) is 17.0. The van der Waals surface area contributed by atoms with Crippen LogP contribution >= 0.6 is 0 Å². The van der Waals surface area contributed by atoms with E-state index in [0.29, 0.717) is 0 Å². The largest absolute Gasteiger partial charge is 0.356 e. The van der Waals surface area contributed by atoms with Gasteiger partial charge in [-0.15, -0.1) is 0 Å². The highest BCUT2D eigenvalue weighted by Crippen LogP contribution is 2.26. The average molecular weight is 378 g/mol. The van der Waals surface area contributed by atoms with Crippen molar-refractivity contribution in [2.24, 2.45) is 0 Å². The van der Waals surface area contributed by atoms with Gasteiger partial charge < -0.3 is 5.32 Å². The lowest BCUT2D eigenvalue weighted by atomic mass is 10.2. The molecule has 5 rings (SSSR count). The van der Waals surface area contributed by atoms with E-state index in [1.165, 1.54) is 43.2 Å². The predicted molar refractivity (Wildman–Crippen MR) is 123 cm³/mol. The minimum atomic E-state index is -2.40. The predicted octanol–water partition coefficient (Wildman–Crippen LogP) is 3.74. The number of anilines is 2. The molecule has 0 radical (unpaired) electrons. The second kappa shape index (κ2) is 6.50. The smallest absolute Gasteiger partial charge is 0.184 e. The fourth-order valence-corrected chi connectivity index (χ4v) is 9.85. The molecule has 1 aliphatic heterocycles. The Labute approximate surface area is 167 Å². The first-order chi connectivity index (χ1) is 13.7. The zero-order valence-corrected chi connectivity index (χ0v) is 17.2. The van der Waals surface area contributed by atoms with Crippen LogP contribution in [-0.4, -0.2) is 8.07 Å². The fourth-order valence-electron chi connectivity index (χ4n) is 4.61. The van der Waals surface area contributed by atoms with Crippen LogP contribution in [0.3, 0.4) is 0 Å². The number of aryl methyl sites for hydroxylation is 2. The van der Waals surface area contributed by atoms with E-state index >= 15 is 0 Å². The van der Waals surface area contributed by atoms with E-state index < -0.39 is 8.07 Å². The van der Waals surface area contributed by atoms with E-state index in [2.05, 4.69) is 116 Å². The van der Waals surface area contributed by atoms with E-state index in [0.717, 1.165) is 0 Å². The molecule has 1 heterocycles. The maximum absolute atomic E-state index is 3.72. The maximum atomic E-state index is 3.72. The number of fused-ring (bicyclic) bond motifs is 2. The highest BCUT2D eigenvalue weighted by molar-refractivity contribution is 7.21. The topological polar surface area (TPSA) is 12.0 Å². The van der Waals surface area contributed by atoms with E-state index in [-0.39, 0.29) is 0 Å². The molecule has 4 aromatic rings. The Bertz CT molecular complexity index is 1060. The van der Waals surface area contributed by atoms with E-state index in [9.17, 15) is 0 Å². The van der Waals surface area contributed by atoms with Gasteiger partial charge in [0.1, 0.15) is 0 Å². The Morgan fingerprint density at radius 1 is 0.536 bits per heavy atom. The van der Waals surface area contributed by atoms with Crippen LogP contribution in [0.1, 0.15) is 11.1 Å². The molecule has 0 aromatic heterocycles. The zero-order chi connectivity index (χ0) is 19.1. The fraction of sp³-hybridized carbons (Fsp3) is 0.0769. The van der Waals surface area contributed by atoms with Crippen molar-refractivity contribution in [3.05, 3.63) is 108 Å². The van der Waals surface area contributed by atoms with Gasteiger partial charge in [0.05, 0.1) is 0 Å². The number of nitrogens with one attached hydrogen (secondary N) is 1. The molecule has 136 valence electrons. The molecule has 1 nitrogen and oxygen atoms in total. The third-order valence-corrected chi connectivity index (χ3v) is 10.7. The highest BCUT2D eigenvalue weighted by Gasteiger charge is 2.46. The normalized spacial score (nSPS) is 13.9. The summed E-state index contributed by atoms with van der Waals surface area (Å²) >= 11 is 0. The summed E-state index contributed by atoms with van der Waals surface area (Å²) in [4.78, 5) is 0. The third-order valence-electron chi connectivity index (χ3n) is 5.84. The van der Waals surface area contributed by atoms with Crippen molar-refractivity contribution in [2.75, 3.05) is 5.32 Å². The van der Waals surface area contributed by atoms with Crippen LogP contribution < -0.4 is 26.1 Å². The molecule has 1 N–H and O–H groups in total. The molecule has 0 fully saturated rings. The van der Waals surface area contributed by atoms with Gasteiger partial charge in [-0.05, 0) is 46.7 Å². The van der Waals surface area contributed by atoms with Crippen molar-refractivity contribution >= 4 is 40.2 Å². The lowest BCUT2D eigenvalue weighted by molar-refractivity contribution is 1.44. The quantitative estimate of drug-likeness (QED) is 0.462. The molecule has 0 saturated carbocycles. The second-order valence-corrected chi connectivity index (χ2v) is 11.4. The van der Waals surface area contributed by atoms with Gasteiger partial charge >= 0.3 is 0 Å². The Kier molecular flexibility index (Phi) is 3.95. The molecule has 28 heavy (non-hydrogen) atoms. The van der Waals surface area contributed by atoms with Crippen molar-refractivity contribution in [2.45, 2.75) is 13.8 Å². The molecule has 0 amide bonds. The minimum absolute atomic E-state index is 1.24. The lowest BCUT2D eigenvalue weighted by Gasteiger charge is -2.41. The molecule has 2 heteroatoms. The standard InChI is InChI=1S/C26H23NSi/c1-19-13-15-23-25(17-19)28(21-9-5-3-6-10-21,22-11-7-4-8-12-22)26-18-20(2)14-16-24(26)27-23/h3-18,27H,1-2H3. The van der Waals surface area contributed by atoms with Crippen LogP contribution in [0, 0.1) is 13.8 Å². The number of benzene rings is 4. The van der Waals surface area contributed by atoms with Crippen molar-refractivity contribution in [1.29, 1.82) is 0 Å². The molecular formula is C26H23NSi. The molecule has 0 bridgehead atoms. The third kappa shape index (κ3) is 2.45. The number of hydrogen-bond acceptors (Lipinski definition) is 1. The molecule has 0 atom stereocenters. The summed E-state index contributed by atoms with van der Waals surface area (Å²) in [5.41, 5.74) is 5.09. The van der Waals surface area contributed by atoms with Crippen molar-refractivity contribution in [1.82, 2.24) is 0 Å². The van der Waals surface area contributed by atoms with Gasteiger partial charge in [0.25, 0.3) is 0 Å². The molecule has 4 aromatic carbocycles. The van der Waals surface area contributed by atoms with Crippen LogP contribution in [0.5, 0.6) is 0 Å². The first-order valence-corrected chi connectivity index (χ1v) is 11.8. The van der Waals surface area contributed by atoms with Gasteiger partial charge in [0.2, 0.25) is 0 Å². The molecule has 0 saturated heterocycles. The monoisotopic (exact) mass is 377 g/mol. The molecule has 0 aliphatic carbocycles. The second-order valence-electron chi connectivity index (χ2n) is 7.71. The van der Waals surface area contributed by atoms with Gasteiger partial charge in [-0.1, -0.05) is 96.1 Å². The van der Waals surface area contributed by atoms with Gasteiger partial charge in [0.15, 0.2) is 8.07 Å². The SMILES string of the molecule is Cc1ccc2c(c1)[Si](c1ccccc1)(c1ccccc1)c1cc(C)ccc1N2.